The fourth-order valence-corrected chi connectivity index (χ4v) is 3.84. The van der Waals surface area contributed by atoms with Crippen LogP contribution in [0.25, 0.3) is 5.83 Å². The van der Waals surface area contributed by atoms with Crippen molar-refractivity contribution in [3.05, 3.63) is 92.2 Å². The number of benzene rings is 2. The third kappa shape index (κ3) is 6.86. The summed E-state index contributed by atoms with van der Waals surface area (Å²) in [6.07, 6.45) is -7.50. The number of aromatic nitrogens is 2. The molecule has 3 aromatic rings. The van der Waals surface area contributed by atoms with Gasteiger partial charge in [-0.1, -0.05) is 40.9 Å². The van der Waals surface area contributed by atoms with Crippen LogP contribution in [0, 0.1) is 0 Å². The first-order chi connectivity index (χ1) is 17.6. The minimum Gasteiger partial charge on any atom is -0.267 e. The molecule has 15 heteroatoms. The van der Waals surface area contributed by atoms with Crippen LogP contribution < -0.4 is 10.4 Å². The Morgan fingerprint density at radius 1 is 1.00 bits per heavy atom. The van der Waals surface area contributed by atoms with Gasteiger partial charge in [0.05, 0.1) is 26.2 Å². The molecule has 1 amide bonds. The van der Waals surface area contributed by atoms with Crippen molar-refractivity contribution < 1.29 is 35.5 Å². The summed E-state index contributed by atoms with van der Waals surface area (Å²) in [6.45, 7) is 0. The van der Waals surface area contributed by atoms with Crippen LogP contribution in [0.1, 0.15) is 33.0 Å². The second-order valence-corrected chi connectivity index (χ2v) is 8.83. The minimum atomic E-state index is -5.16. The smallest absolute Gasteiger partial charge is 0.267 e. The highest BCUT2D eigenvalue weighted by atomic mass is 35.5. The van der Waals surface area contributed by atoms with Crippen LogP contribution in [0.4, 0.5) is 36.7 Å². The Hall–Kier alpha value is -3.09. The van der Waals surface area contributed by atoms with Crippen LogP contribution in [0.2, 0.25) is 15.1 Å². The molecule has 0 aliphatic rings. The molecule has 0 bridgehead atoms. The van der Waals surface area contributed by atoms with Crippen molar-refractivity contribution in [3.63, 3.8) is 0 Å². The maximum atomic E-state index is 15.0. The summed E-state index contributed by atoms with van der Waals surface area (Å²) >= 11 is 17.3. The topological polar surface area (TPSA) is 58.1 Å². The first-order valence-electron chi connectivity index (χ1n) is 10.2. The molecule has 0 aliphatic carbocycles. The first kappa shape index (κ1) is 29.5. The van der Waals surface area contributed by atoms with E-state index in [9.17, 15) is 35.5 Å². The number of halogens is 10. The molecule has 0 spiro atoms. The standard InChI is InChI=1S/C23H14Cl3F7N4O/c1-37(21-34-5-2-6-35-21)36-20(38)13-4-3-11(7-15(13)23(31,32)33)18(27)10-14(22(28,29)30)12-8-16(24)19(26)17(25)9-12/h2-10,14H,1H3,(H,36,38)/b18-10-/t14-/m0/s1. The number of anilines is 1. The SMILES string of the molecule is CN(NC(=O)c1ccc(/C(F)=C/[C@@H](c2cc(Cl)c(Cl)c(Cl)c2)C(F)(F)F)cc1C(F)(F)F)c1ncccn1. The summed E-state index contributed by atoms with van der Waals surface area (Å²) in [5, 5.41) is 0.0546. The van der Waals surface area contributed by atoms with Crippen molar-refractivity contribution in [1.29, 1.82) is 0 Å². The van der Waals surface area contributed by atoms with Crippen LogP contribution in [0.15, 0.2) is 54.9 Å². The zero-order chi connectivity index (χ0) is 28.4. The lowest BCUT2D eigenvalue weighted by Gasteiger charge is -2.20. The quantitative estimate of drug-likeness (QED) is 0.177. The minimum absolute atomic E-state index is 0.0411. The van der Waals surface area contributed by atoms with Gasteiger partial charge >= 0.3 is 12.4 Å². The zero-order valence-electron chi connectivity index (χ0n) is 18.8. The van der Waals surface area contributed by atoms with E-state index in [-0.39, 0.29) is 33.2 Å². The van der Waals surface area contributed by atoms with Crippen molar-refractivity contribution in [2.45, 2.75) is 18.3 Å². The predicted molar refractivity (Wildman–Crippen MR) is 129 cm³/mol. The Morgan fingerprint density at radius 3 is 2.11 bits per heavy atom. The van der Waals surface area contributed by atoms with Gasteiger partial charge in [-0.15, -0.1) is 0 Å². The summed E-state index contributed by atoms with van der Waals surface area (Å²) in [7, 11) is 1.27. The van der Waals surface area contributed by atoms with Gasteiger partial charge in [0.2, 0.25) is 5.95 Å². The average Bonchev–Trinajstić information content (AvgIpc) is 2.84. The van der Waals surface area contributed by atoms with E-state index < -0.39 is 52.3 Å². The Morgan fingerprint density at radius 2 is 1.58 bits per heavy atom. The highest BCUT2D eigenvalue weighted by Crippen LogP contribution is 2.42. The van der Waals surface area contributed by atoms with E-state index in [0.29, 0.717) is 6.07 Å². The number of rotatable bonds is 6. The van der Waals surface area contributed by atoms with Crippen molar-refractivity contribution in [1.82, 2.24) is 15.4 Å². The molecule has 0 saturated carbocycles. The fraction of sp³-hybridized carbons (Fsp3) is 0.174. The molecular formula is C23H14Cl3F7N4O. The lowest BCUT2D eigenvalue weighted by molar-refractivity contribution is -0.140. The molecule has 2 aromatic carbocycles. The van der Waals surface area contributed by atoms with E-state index in [1.165, 1.54) is 25.5 Å². The number of hydrazine groups is 1. The van der Waals surface area contributed by atoms with Gasteiger partial charge in [0.15, 0.2) is 0 Å². The highest BCUT2D eigenvalue weighted by molar-refractivity contribution is 6.48. The maximum Gasteiger partial charge on any atom is 0.417 e. The molecule has 0 radical (unpaired) electrons. The summed E-state index contributed by atoms with van der Waals surface area (Å²) in [5.41, 5.74) is -1.81. The number of alkyl halides is 6. The van der Waals surface area contributed by atoms with Gasteiger partial charge in [-0.25, -0.2) is 14.4 Å². The fourth-order valence-electron chi connectivity index (χ4n) is 3.23. The normalized spacial score (nSPS) is 13.3. The van der Waals surface area contributed by atoms with Gasteiger partial charge in [0.25, 0.3) is 5.91 Å². The third-order valence-electron chi connectivity index (χ3n) is 5.00. The van der Waals surface area contributed by atoms with Crippen molar-refractivity contribution in [2.24, 2.45) is 0 Å². The number of carbonyl (C=O) groups excluding carboxylic acids is 1. The molecular weight excluding hydrogens is 588 g/mol. The molecule has 1 aromatic heterocycles. The van der Waals surface area contributed by atoms with E-state index in [1.54, 1.807) is 0 Å². The molecule has 5 nitrogen and oxygen atoms in total. The van der Waals surface area contributed by atoms with E-state index in [0.717, 1.165) is 23.2 Å². The van der Waals surface area contributed by atoms with Crippen LogP contribution >= 0.6 is 34.8 Å². The monoisotopic (exact) mass is 600 g/mol. The van der Waals surface area contributed by atoms with Crippen LogP contribution in [-0.4, -0.2) is 29.1 Å². The van der Waals surface area contributed by atoms with Gasteiger partial charge in [0.1, 0.15) is 11.7 Å². The van der Waals surface area contributed by atoms with E-state index in [1.807, 2.05) is 0 Å². The molecule has 202 valence electrons. The Kier molecular flexibility index (Phi) is 8.79. The first-order valence-corrected chi connectivity index (χ1v) is 11.3. The average molecular weight is 602 g/mol. The lowest BCUT2D eigenvalue weighted by atomic mass is 9.95. The van der Waals surface area contributed by atoms with Crippen LogP contribution in [0.3, 0.4) is 0 Å². The van der Waals surface area contributed by atoms with Gasteiger partial charge < -0.3 is 0 Å². The summed E-state index contributed by atoms with van der Waals surface area (Å²) in [4.78, 5) is 20.2. The number of allylic oxidation sites excluding steroid dienone is 1. The molecule has 38 heavy (non-hydrogen) atoms. The molecule has 1 heterocycles. The van der Waals surface area contributed by atoms with Crippen LogP contribution in [0.5, 0.6) is 0 Å². The third-order valence-corrected chi connectivity index (χ3v) is 6.19. The Balaban J connectivity index is 2.01. The van der Waals surface area contributed by atoms with Gasteiger partial charge in [-0.2, -0.15) is 26.3 Å². The molecule has 1 atom stereocenters. The van der Waals surface area contributed by atoms with E-state index in [2.05, 4.69) is 15.4 Å². The molecule has 0 aliphatic heterocycles. The number of nitrogens with one attached hydrogen (secondary N) is 1. The van der Waals surface area contributed by atoms with Gasteiger partial charge in [-0.05, 0) is 42.0 Å². The molecule has 0 saturated heterocycles. The summed E-state index contributed by atoms with van der Waals surface area (Å²) < 4.78 is 97.6. The van der Waals surface area contributed by atoms with Crippen LogP contribution in [-0.2, 0) is 6.18 Å². The lowest BCUT2D eigenvalue weighted by Crippen LogP contribution is -2.41. The Bertz CT molecular complexity index is 1340. The maximum absolute atomic E-state index is 15.0. The molecule has 0 fully saturated rings. The van der Waals surface area contributed by atoms with E-state index in [4.69, 9.17) is 34.8 Å². The largest absolute Gasteiger partial charge is 0.417 e. The van der Waals surface area contributed by atoms with Crippen molar-refractivity contribution >= 4 is 52.5 Å². The summed E-state index contributed by atoms with van der Waals surface area (Å²) in [5.74, 6) is -5.56. The second kappa shape index (κ2) is 11.3. The van der Waals surface area contributed by atoms with Crippen molar-refractivity contribution in [2.75, 3.05) is 12.1 Å². The van der Waals surface area contributed by atoms with Gasteiger partial charge in [0, 0.05) is 25.0 Å². The van der Waals surface area contributed by atoms with E-state index >= 15 is 0 Å². The molecule has 0 unspecified atom stereocenters. The highest BCUT2D eigenvalue weighted by Gasteiger charge is 2.41. The second-order valence-electron chi connectivity index (χ2n) is 7.64. The van der Waals surface area contributed by atoms with Gasteiger partial charge in [-0.3, -0.25) is 15.2 Å². The number of nitrogens with zero attached hydrogens (tertiary/aromatic N) is 3. The summed E-state index contributed by atoms with van der Waals surface area (Å²) in [6, 6.07) is 4.72. The molecule has 3 rings (SSSR count). The zero-order valence-corrected chi connectivity index (χ0v) is 21.1. The number of carbonyl (C=O) groups is 1. The Labute approximate surface area is 225 Å². The number of hydrogen-bond donors (Lipinski definition) is 1. The number of hydrogen-bond acceptors (Lipinski definition) is 4. The predicted octanol–water partition coefficient (Wildman–Crippen LogP) is 7.89. The molecule has 1 N–H and O–H groups in total. The number of amides is 1. The van der Waals surface area contributed by atoms with Crippen molar-refractivity contribution in [3.8, 4) is 0 Å².